The van der Waals surface area contributed by atoms with Gasteiger partial charge in [0, 0.05) is 23.1 Å². The molecule has 0 fully saturated rings. The summed E-state index contributed by atoms with van der Waals surface area (Å²) in [5.41, 5.74) is 1.72. The van der Waals surface area contributed by atoms with Gasteiger partial charge in [-0.05, 0) is 48.7 Å². The summed E-state index contributed by atoms with van der Waals surface area (Å²) >= 11 is 5.84. The van der Waals surface area contributed by atoms with Crippen molar-refractivity contribution in [3.8, 4) is 22.4 Å². The summed E-state index contributed by atoms with van der Waals surface area (Å²) < 4.78 is 49.9. The van der Waals surface area contributed by atoms with Crippen LogP contribution in [0.15, 0.2) is 60.9 Å². The van der Waals surface area contributed by atoms with E-state index in [4.69, 9.17) is 16.3 Å². The maximum Gasteiger partial charge on any atom is 0.309 e. The van der Waals surface area contributed by atoms with Gasteiger partial charge in [-0.1, -0.05) is 37.1 Å². The molecule has 1 amide bonds. The topological polar surface area (TPSA) is 95.2 Å². The number of rotatable bonds is 4. The van der Waals surface area contributed by atoms with Crippen LogP contribution in [0.5, 0.6) is 0 Å². The highest BCUT2D eigenvalue weighted by Crippen LogP contribution is 2.37. The molecule has 2 bridgehead atoms. The Balaban J connectivity index is 1.62. The molecule has 2 aromatic heterocycles. The standard InChI is InChI=1S/C32H27ClF3N3O4/c1-17-4-3-5-20(28-11-7-19(16-39(28)42)30-24(34)10-9-23(33)31(30)36)22-14-26(37-15-25(22)35)21-8-6-18(13-29(40)43-2)12-27(21)38-32(17)41/h6-12,14-17,20H,3-5,13H2,1-2H3,(H,38,41)/t17-,20-/m0/s1. The largest absolute Gasteiger partial charge is 0.618 e. The molecule has 11 heteroatoms. The number of benzene rings is 2. The van der Waals surface area contributed by atoms with Crippen LogP contribution in [-0.4, -0.2) is 24.0 Å². The lowest BCUT2D eigenvalue weighted by Gasteiger charge is -2.22. The first-order valence-electron chi connectivity index (χ1n) is 13.6. The quantitative estimate of drug-likeness (QED) is 0.120. The number of carbonyl (C=O) groups excluding carboxylic acids is 2. The first-order chi connectivity index (χ1) is 20.6. The van der Waals surface area contributed by atoms with E-state index in [0.717, 1.165) is 24.5 Å². The van der Waals surface area contributed by atoms with Crippen LogP contribution in [0.4, 0.5) is 18.9 Å². The van der Waals surface area contributed by atoms with Crippen LogP contribution in [0.1, 0.15) is 48.9 Å². The van der Waals surface area contributed by atoms with Crippen molar-refractivity contribution in [3.63, 3.8) is 0 Å². The molecule has 2 atom stereocenters. The summed E-state index contributed by atoms with van der Waals surface area (Å²) in [4.78, 5) is 29.2. The lowest BCUT2D eigenvalue weighted by molar-refractivity contribution is -0.614. The zero-order valence-corrected chi connectivity index (χ0v) is 24.1. The zero-order valence-electron chi connectivity index (χ0n) is 23.3. The fourth-order valence-electron chi connectivity index (χ4n) is 5.32. The number of methoxy groups -OCH3 is 1. The van der Waals surface area contributed by atoms with E-state index >= 15 is 4.39 Å². The number of ether oxygens (including phenoxy) is 1. The van der Waals surface area contributed by atoms with Gasteiger partial charge in [0.05, 0.1) is 53.2 Å². The van der Waals surface area contributed by atoms with Gasteiger partial charge >= 0.3 is 5.97 Å². The van der Waals surface area contributed by atoms with Crippen molar-refractivity contribution in [1.82, 2.24) is 4.98 Å². The first-order valence-corrected chi connectivity index (χ1v) is 14.0. The van der Waals surface area contributed by atoms with Crippen LogP contribution in [-0.2, 0) is 20.7 Å². The average Bonchev–Trinajstić information content (AvgIpc) is 2.98. The molecule has 43 heavy (non-hydrogen) atoms. The molecule has 1 N–H and O–H groups in total. The van der Waals surface area contributed by atoms with Gasteiger partial charge < -0.3 is 15.3 Å². The fourth-order valence-corrected chi connectivity index (χ4v) is 5.47. The number of nitrogens with one attached hydrogen (secondary N) is 1. The van der Waals surface area contributed by atoms with E-state index in [1.165, 1.54) is 25.3 Å². The van der Waals surface area contributed by atoms with Crippen LogP contribution < -0.4 is 10.0 Å². The van der Waals surface area contributed by atoms with E-state index < -0.39 is 40.8 Å². The SMILES string of the molecule is COC(=O)Cc1ccc2c(c1)NC(=O)[C@@H](C)CCC[C@H](c1ccc(-c3c(F)ccc(Cl)c3F)c[n+]1[O-])c1cc-2ncc1F. The van der Waals surface area contributed by atoms with Gasteiger partial charge in [0.1, 0.15) is 11.6 Å². The minimum Gasteiger partial charge on any atom is -0.618 e. The molecule has 0 radical (unpaired) electrons. The highest BCUT2D eigenvalue weighted by molar-refractivity contribution is 6.31. The monoisotopic (exact) mass is 609 g/mol. The number of carbonyl (C=O) groups is 2. The molecule has 0 saturated heterocycles. The van der Waals surface area contributed by atoms with Crippen molar-refractivity contribution >= 4 is 29.2 Å². The lowest BCUT2D eigenvalue weighted by atomic mass is 9.87. The van der Waals surface area contributed by atoms with E-state index in [9.17, 15) is 23.6 Å². The average molecular weight is 610 g/mol. The number of pyridine rings is 2. The second-order valence-electron chi connectivity index (χ2n) is 10.5. The molecule has 2 aromatic carbocycles. The second kappa shape index (κ2) is 12.4. The number of nitrogens with zero attached hydrogens (tertiary/aromatic N) is 2. The Morgan fingerprint density at radius 3 is 2.65 bits per heavy atom. The number of hydrogen-bond acceptors (Lipinski definition) is 5. The van der Waals surface area contributed by atoms with E-state index in [2.05, 4.69) is 10.3 Å². The van der Waals surface area contributed by atoms with Crippen LogP contribution in [0.25, 0.3) is 22.4 Å². The van der Waals surface area contributed by atoms with Gasteiger partial charge in [-0.15, -0.1) is 0 Å². The number of esters is 1. The smallest absolute Gasteiger partial charge is 0.309 e. The zero-order chi connectivity index (χ0) is 30.8. The van der Waals surface area contributed by atoms with Gasteiger partial charge in [-0.2, -0.15) is 4.73 Å². The van der Waals surface area contributed by atoms with Crippen molar-refractivity contribution < 1.29 is 32.2 Å². The number of fused-ring (bicyclic) bond motifs is 4. The van der Waals surface area contributed by atoms with Crippen LogP contribution in [0.2, 0.25) is 5.02 Å². The van der Waals surface area contributed by atoms with Crippen LogP contribution >= 0.6 is 11.6 Å². The second-order valence-corrected chi connectivity index (χ2v) is 10.9. The molecule has 0 saturated carbocycles. The van der Waals surface area contributed by atoms with E-state index in [1.807, 2.05) is 0 Å². The third-order valence-corrected chi connectivity index (χ3v) is 7.96. The first kappa shape index (κ1) is 30.0. The van der Waals surface area contributed by atoms with Crippen LogP contribution in [0.3, 0.4) is 0 Å². The Morgan fingerprint density at radius 1 is 1.12 bits per heavy atom. The Kier molecular flexibility index (Phi) is 8.68. The Labute approximate surface area is 250 Å². The summed E-state index contributed by atoms with van der Waals surface area (Å²) in [6.45, 7) is 1.77. The number of hydrogen-bond donors (Lipinski definition) is 1. The minimum atomic E-state index is -0.995. The molecule has 1 aliphatic rings. The van der Waals surface area contributed by atoms with Gasteiger partial charge in [0.2, 0.25) is 5.91 Å². The summed E-state index contributed by atoms with van der Waals surface area (Å²) in [7, 11) is 1.28. The van der Waals surface area contributed by atoms with Crippen molar-refractivity contribution in [1.29, 1.82) is 0 Å². The van der Waals surface area contributed by atoms with Gasteiger partial charge in [0.25, 0.3) is 0 Å². The highest BCUT2D eigenvalue weighted by atomic mass is 35.5. The Bertz CT molecular complexity index is 1730. The molecule has 5 rings (SSSR count). The van der Waals surface area contributed by atoms with Gasteiger partial charge in [-0.25, -0.2) is 13.2 Å². The number of aromatic nitrogens is 2. The summed E-state index contributed by atoms with van der Waals surface area (Å²) in [5.74, 6) is -4.40. The molecule has 222 valence electrons. The van der Waals surface area contributed by atoms with E-state index in [0.29, 0.717) is 46.5 Å². The third kappa shape index (κ3) is 6.19. The molecule has 0 unspecified atom stereocenters. The highest BCUT2D eigenvalue weighted by Gasteiger charge is 2.29. The van der Waals surface area contributed by atoms with Crippen molar-refractivity contribution in [2.24, 2.45) is 5.92 Å². The van der Waals surface area contributed by atoms with Crippen LogP contribution in [0, 0.1) is 28.6 Å². The summed E-state index contributed by atoms with van der Waals surface area (Å²) in [6.07, 6.45) is 3.30. The molecule has 1 aliphatic heterocycles. The third-order valence-electron chi connectivity index (χ3n) is 7.67. The fraction of sp³-hybridized carbons (Fsp3) is 0.250. The van der Waals surface area contributed by atoms with Gasteiger partial charge in [-0.3, -0.25) is 14.6 Å². The van der Waals surface area contributed by atoms with Crippen molar-refractivity contribution in [2.45, 2.75) is 38.5 Å². The van der Waals surface area contributed by atoms with E-state index in [-0.39, 0.29) is 34.2 Å². The predicted molar refractivity (Wildman–Crippen MR) is 155 cm³/mol. The Morgan fingerprint density at radius 2 is 1.91 bits per heavy atom. The number of halogens is 4. The van der Waals surface area contributed by atoms with E-state index in [1.54, 1.807) is 25.1 Å². The van der Waals surface area contributed by atoms with Gasteiger partial charge in [0.15, 0.2) is 17.7 Å². The van der Waals surface area contributed by atoms with Crippen molar-refractivity contribution in [3.05, 3.63) is 105 Å². The number of anilines is 1. The maximum atomic E-state index is 15.4. The normalized spacial score (nSPS) is 16.8. The molecule has 7 nitrogen and oxygen atoms in total. The minimum absolute atomic E-state index is 0.0120. The number of amides is 1. The predicted octanol–water partition coefficient (Wildman–Crippen LogP) is 6.73. The Hall–Kier alpha value is -4.44. The molecular formula is C32H27ClF3N3O4. The summed E-state index contributed by atoms with van der Waals surface area (Å²) in [6, 6.07) is 11.5. The molecular weight excluding hydrogens is 583 g/mol. The maximum absolute atomic E-state index is 15.4. The molecule has 0 spiro atoms. The lowest BCUT2D eigenvalue weighted by Crippen LogP contribution is -2.34. The molecule has 0 aliphatic carbocycles. The molecule has 4 aromatic rings. The molecule has 3 heterocycles. The summed E-state index contributed by atoms with van der Waals surface area (Å²) in [5, 5.41) is 16.0. The van der Waals surface area contributed by atoms with Crippen molar-refractivity contribution in [2.75, 3.05) is 12.4 Å².